The number of hydrogen-bond acceptors (Lipinski definition) is 8. The van der Waals surface area contributed by atoms with Crippen LogP contribution in [0, 0.1) is 0 Å². The van der Waals surface area contributed by atoms with Gasteiger partial charge < -0.3 is 30.3 Å². The Morgan fingerprint density at radius 3 is 2.49 bits per heavy atom. The molecule has 4 aromatic rings. The molecule has 3 amide bonds. The zero-order valence-electron chi connectivity index (χ0n) is 24.6. The molecular formula is C33H33N5O6S. The molecule has 2 aromatic heterocycles. The standard InChI is InChI=1S/C33H33N5O6S/c1-44-25-8-2-6-22(18-25)31(41)35-26-19-23(32(42)36-27(20-30(39)40)29-9-4-17-45-29)10-11-28(26)37-13-5-14-38(16-15-37)33(43)24-7-3-12-34-21-24/h2-4,6-12,17-19,21,27H,5,13-16,20H2,1H3,(H,35,41)(H,36,42)(H,39,40). The molecule has 1 aliphatic heterocycles. The monoisotopic (exact) mass is 627 g/mol. The molecule has 1 fully saturated rings. The number of carbonyl (C=O) groups excluding carboxylic acids is 3. The third kappa shape index (κ3) is 7.84. The van der Waals surface area contributed by atoms with Gasteiger partial charge in [0, 0.05) is 54.6 Å². The molecule has 1 atom stereocenters. The molecule has 0 spiro atoms. The lowest BCUT2D eigenvalue weighted by molar-refractivity contribution is -0.137. The summed E-state index contributed by atoms with van der Waals surface area (Å²) >= 11 is 1.36. The van der Waals surface area contributed by atoms with Crippen molar-refractivity contribution in [2.45, 2.75) is 18.9 Å². The summed E-state index contributed by atoms with van der Waals surface area (Å²) in [7, 11) is 1.52. The van der Waals surface area contributed by atoms with Crippen LogP contribution in [-0.4, -0.2) is 72.0 Å². The molecule has 1 aliphatic rings. The number of aromatic nitrogens is 1. The SMILES string of the molecule is COc1cccc(C(=O)Nc2cc(C(=O)NC(CC(=O)O)c3cccs3)ccc2N2CCCN(C(=O)c3cccnc3)CC2)c1. The van der Waals surface area contributed by atoms with E-state index in [-0.39, 0.29) is 17.9 Å². The predicted octanol–water partition coefficient (Wildman–Crippen LogP) is 4.70. The number of hydrogen-bond donors (Lipinski definition) is 3. The maximum atomic E-state index is 13.4. The number of carboxylic acid groups (broad SMARTS) is 1. The molecule has 11 nitrogen and oxygen atoms in total. The van der Waals surface area contributed by atoms with Gasteiger partial charge in [-0.3, -0.25) is 24.2 Å². The fraction of sp³-hybridized carbons (Fsp3) is 0.242. The molecule has 232 valence electrons. The summed E-state index contributed by atoms with van der Waals surface area (Å²) in [5, 5.41) is 17.1. The van der Waals surface area contributed by atoms with E-state index in [0.717, 1.165) is 4.88 Å². The van der Waals surface area contributed by atoms with Crippen LogP contribution in [0.15, 0.2) is 84.5 Å². The van der Waals surface area contributed by atoms with Gasteiger partial charge in [-0.2, -0.15) is 0 Å². The lowest BCUT2D eigenvalue weighted by Crippen LogP contribution is -2.35. The summed E-state index contributed by atoms with van der Waals surface area (Å²) in [5.74, 6) is -1.46. The van der Waals surface area contributed by atoms with E-state index in [1.165, 1.54) is 18.4 Å². The first-order valence-electron chi connectivity index (χ1n) is 14.4. The number of thiophene rings is 1. The summed E-state index contributed by atoms with van der Waals surface area (Å²) in [4.78, 5) is 60.1. The molecule has 2 aromatic carbocycles. The van der Waals surface area contributed by atoms with Gasteiger partial charge in [0.1, 0.15) is 5.75 Å². The van der Waals surface area contributed by atoms with Crippen LogP contribution in [0.4, 0.5) is 11.4 Å². The van der Waals surface area contributed by atoms with Crippen LogP contribution in [0.5, 0.6) is 5.75 Å². The number of amides is 3. The number of aliphatic carboxylic acids is 1. The molecule has 3 N–H and O–H groups in total. The minimum atomic E-state index is -1.03. The second-order valence-electron chi connectivity index (χ2n) is 10.4. The fourth-order valence-electron chi connectivity index (χ4n) is 5.17. The molecule has 0 radical (unpaired) electrons. The normalized spacial score (nSPS) is 13.8. The average molecular weight is 628 g/mol. The van der Waals surface area contributed by atoms with Crippen molar-refractivity contribution >= 4 is 46.4 Å². The number of nitrogens with one attached hydrogen (secondary N) is 2. The third-order valence-corrected chi connectivity index (χ3v) is 8.43. The number of nitrogens with zero attached hydrogens (tertiary/aromatic N) is 3. The summed E-state index contributed by atoms with van der Waals surface area (Å²) in [6.07, 6.45) is 3.60. The molecule has 3 heterocycles. The Labute approximate surface area is 264 Å². The molecule has 0 bridgehead atoms. The van der Waals surface area contributed by atoms with E-state index in [0.29, 0.717) is 60.9 Å². The van der Waals surface area contributed by atoms with Crippen LogP contribution >= 0.6 is 11.3 Å². The number of carboxylic acids is 1. The van der Waals surface area contributed by atoms with Gasteiger partial charge in [-0.25, -0.2) is 0 Å². The van der Waals surface area contributed by atoms with Gasteiger partial charge in [0.15, 0.2) is 0 Å². The summed E-state index contributed by atoms with van der Waals surface area (Å²) in [6, 6.07) is 18.1. The van der Waals surface area contributed by atoms with Gasteiger partial charge >= 0.3 is 5.97 Å². The second-order valence-corrected chi connectivity index (χ2v) is 11.4. The number of anilines is 2. The smallest absolute Gasteiger partial charge is 0.305 e. The molecule has 12 heteroatoms. The zero-order chi connectivity index (χ0) is 31.8. The van der Waals surface area contributed by atoms with E-state index in [2.05, 4.69) is 20.5 Å². The topological polar surface area (TPSA) is 141 Å². The lowest BCUT2D eigenvalue weighted by atomic mass is 10.1. The number of benzene rings is 2. The molecule has 5 rings (SSSR count). The van der Waals surface area contributed by atoms with Crippen LogP contribution in [0.1, 0.15) is 54.8 Å². The van der Waals surface area contributed by atoms with E-state index >= 15 is 0 Å². The van der Waals surface area contributed by atoms with Gasteiger partial charge in [-0.05, 0) is 66.4 Å². The van der Waals surface area contributed by atoms with Crippen molar-refractivity contribution in [1.29, 1.82) is 0 Å². The Balaban J connectivity index is 1.41. The highest BCUT2D eigenvalue weighted by Crippen LogP contribution is 2.30. The quantitative estimate of drug-likeness (QED) is 0.230. The van der Waals surface area contributed by atoms with Crippen molar-refractivity contribution in [1.82, 2.24) is 15.2 Å². The zero-order valence-corrected chi connectivity index (χ0v) is 25.5. The number of ether oxygens (including phenoxy) is 1. The second kappa shape index (κ2) is 14.5. The highest BCUT2D eigenvalue weighted by atomic mass is 32.1. The molecule has 45 heavy (non-hydrogen) atoms. The average Bonchev–Trinajstić information content (AvgIpc) is 3.49. The van der Waals surface area contributed by atoms with Crippen LogP contribution in [0.25, 0.3) is 0 Å². The highest BCUT2D eigenvalue weighted by Gasteiger charge is 2.25. The summed E-state index contributed by atoms with van der Waals surface area (Å²) < 4.78 is 5.28. The molecular weight excluding hydrogens is 594 g/mol. The number of carbonyl (C=O) groups is 4. The van der Waals surface area contributed by atoms with Gasteiger partial charge in [0.25, 0.3) is 17.7 Å². The van der Waals surface area contributed by atoms with E-state index in [4.69, 9.17) is 4.74 Å². The van der Waals surface area contributed by atoms with Crippen molar-refractivity contribution in [2.75, 3.05) is 43.5 Å². The van der Waals surface area contributed by atoms with Gasteiger partial charge in [-0.1, -0.05) is 12.1 Å². The van der Waals surface area contributed by atoms with Crippen molar-refractivity contribution in [3.8, 4) is 5.75 Å². The first-order valence-corrected chi connectivity index (χ1v) is 15.3. The number of methoxy groups -OCH3 is 1. The van der Waals surface area contributed by atoms with Crippen molar-refractivity contribution in [2.24, 2.45) is 0 Å². The Bertz CT molecular complexity index is 1660. The molecule has 1 unspecified atom stereocenters. The van der Waals surface area contributed by atoms with Crippen molar-refractivity contribution in [3.05, 3.63) is 106 Å². The third-order valence-electron chi connectivity index (χ3n) is 7.44. The van der Waals surface area contributed by atoms with E-state index in [1.807, 2.05) is 5.38 Å². The van der Waals surface area contributed by atoms with Crippen LogP contribution in [-0.2, 0) is 4.79 Å². The first kappa shape index (κ1) is 31.2. The Morgan fingerprint density at radius 1 is 0.933 bits per heavy atom. The van der Waals surface area contributed by atoms with Gasteiger partial charge in [-0.15, -0.1) is 11.3 Å². The van der Waals surface area contributed by atoms with Crippen LogP contribution in [0.2, 0.25) is 0 Å². The largest absolute Gasteiger partial charge is 0.497 e. The van der Waals surface area contributed by atoms with Crippen molar-refractivity contribution in [3.63, 3.8) is 0 Å². The maximum Gasteiger partial charge on any atom is 0.305 e. The predicted molar refractivity (Wildman–Crippen MR) is 171 cm³/mol. The molecule has 0 saturated carbocycles. The Morgan fingerprint density at radius 2 is 1.76 bits per heavy atom. The summed E-state index contributed by atoms with van der Waals surface area (Å²) in [5.41, 5.74) is 2.26. The van der Waals surface area contributed by atoms with Crippen molar-refractivity contribution < 1.29 is 29.0 Å². The maximum absolute atomic E-state index is 13.4. The molecule has 1 saturated heterocycles. The minimum Gasteiger partial charge on any atom is -0.497 e. The van der Waals surface area contributed by atoms with E-state index in [9.17, 15) is 24.3 Å². The van der Waals surface area contributed by atoms with E-state index in [1.54, 1.807) is 84.0 Å². The van der Waals surface area contributed by atoms with Crippen LogP contribution in [0.3, 0.4) is 0 Å². The van der Waals surface area contributed by atoms with Crippen LogP contribution < -0.4 is 20.3 Å². The minimum absolute atomic E-state index is 0.0924. The Hall–Kier alpha value is -5.23. The highest BCUT2D eigenvalue weighted by molar-refractivity contribution is 7.10. The summed E-state index contributed by atoms with van der Waals surface area (Å²) in [6.45, 7) is 2.13. The van der Waals surface area contributed by atoms with Gasteiger partial charge in [0.05, 0.1) is 36.5 Å². The number of pyridine rings is 1. The number of rotatable bonds is 10. The fourth-order valence-corrected chi connectivity index (χ4v) is 5.95. The first-order chi connectivity index (χ1) is 21.8. The van der Waals surface area contributed by atoms with Gasteiger partial charge in [0.2, 0.25) is 0 Å². The Kier molecular flexibility index (Phi) is 10.1. The lowest BCUT2D eigenvalue weighted by Gasteiger charge is -2.27. The van der Waals surface area contributed by atoms with E-state index < -0.39 is 23.8 Å². The molecule has 0 aliphatic carbocycles.